The Hall–Kier alpha value is -1.13. The van der Waals surface area contributed by atoms with Crippen LogP contribution in [0.2, 0.25) is 0 Å². The van der Waals surface area contributed by atoms with Crippen molar-refractivity contribution < 1.29 is 9.47 Å². The summed E-state index contributed by atoms with van der Waals surface area (Å²) in [6, 6.07) is 3.97. The number of nitrogens with one attached hydrogen (secondary N) is 1. The average Bonchev–Trinajstić information content (AvgIpc) is 2.30. The van der Waals surface area contributed by atoms with Gasteiger partial charge in [-0.15, -0.1) is 0 Å². The standard InChI is InChI=1S/C11H18N2O2/c1-5-8-6-7-9(11(14-3)15-4)13-10(8)12-2/h6-7,11H,5H2,1-4H3,(H,12,13). The molecule has 4 nitrogen and oxygen atoms in total. The molecule has 1 rings (SSSR count). The van der Waals surface area contributed by atoms with Crippen LogP contribution in [0.3, 0.4) is 0 Å². The molecule has 4 heteroatoms. The van der Waals surface area contributed by atoms with Crippen LogP contribution in [0.15, 0.2) is 12.1 Å². The Kier molecular flexibility index (Phi) is 4.52. The first-order chi connectivity index (χ1) is 7.26. The van der Waals surface area contributed by atoms with Gasteiger partial charge in [0.25, 0.3) is 0 Å². The molecular formula is C11H18N2O2. The zero-order valence-electron chi connectivity index (χ0n) is 9.70. The molecule has 0 saturated carbocycles. The summed E-state index contributed by atoms with van der Waals surface area (Å²) < 4.78 is 10.3. The number of ether oxygens (including phenoxy) is 2. The van der Waals surface area contributed by atoms with E-state index in [-0.39, 0.29) is 0 Å². The molecule has 1 aromatic rings. The molecule has 1 aromatic heterocycles. The molecule has 0 aliphatic carbocycles. The summed E-state index contributed by atoms with van der Waals surface area (Å²) in [5.74, 6) is 0.883. The Morgan fingerprint density at radius 1 is 1.33 bits per heavy atom. The molecule has 1 heterocycles. The summed E-state index contributed by atoms with van der Waals surface area (Å²) in [5.41, 5.74) is 1.97. The molecule has 0 amide bonds. The number of methoxy groups -OCH3 is 2. The van der Waals surface area contributed by atoms with E-state index in [0.717, 1.165) is 17.9 Å². The van der Waals surface area contributed by atoms with E-state index in [1.807, 2.05) is 19.2 Å². The fourth-order valence-corrected chi connectivity index (χ4v) is 1.47. The van der Waals surface area contributed by atoms with Crippen LogP contribution >= 0.6 is 0 Å². The van der Waals surface area contributed by atoms with E-state index in [9.17, 15) is 0 Å². The van der Waals surface area contributed by atoms with Gasteiger partial charge in [0.05, 0.1) is 5.69 Å². The minimum Gasteiger partial charge on any atom is -0.373 e. The summed E-state index contributed by atoms with van der Waals surface area (Å²) in [4.78, 5) is 4.44. The highest BCUT2D eigenvalue weighted by atomic mass is 16.7. The van der Waals surface area contributed by atoms with Crippen molar-refractivity contribution in [2.24, 2.45) is 0 Å². The number of anilines is 1. The number of hydrogen-bond donors (Lipinski definition) is 1. The lowest BCUT2D eigenvalue weighted by Gasteiger charge is -2.15. The number of nitrogens with zero attached hydrogens (tertiary/aromatic N) is 1. The number of aryl methyl sites for hydroxylation is 1. The van der Waals surface area contributed by atoms with E-state index in [0.29, 0.717) is 0 Å². The molecule has 15 heavy (non-hydrogen) atoms. The molecule has 0 aromatic carbocycles. The zero-order valence-corrected chi connectivity index (χ0v) is 9.70. The number of rotatable bonds is 5. The largest absolute Gasteiger partial charge is 0.373 e. The quantitative estimate of drug-likeness (QED) is 0.755. The van der Waals surface area contributed by atoms with E-state index in [1.54, 1.807) is 14.2 Å². The Balaban J connectivity index is 3.01. The van der Waals surface area contributed by atoms with Crippen LogP contribution in [0.4, 0.5) is 5.82 Å². The minimum absolute atomic E-state index is 0.400. The molecule has 0 spiro atoms. The van der Waals surface area contributed by atoms with Gasteiger partial charge in [-0.05, 0) is 18.1 Å². The van der Waals surface area contributed by atoms with E-state index >= 15 is 0 Å². The van der Waals surface area contributed by atoms with Crippen LogP contribution in [0.5, 0.6) is 0 Å². The normalized spacial score (nSPS) is 10.7. The van der Waals surface area contributed by atoms with Gasteiger partial charge in [0, 0.05) is 21.3 Å². The van der Waals surface area contributed by atoms with Gasteiger partial charge in [0.1, 0.15) is 5.82 Å². The molecule has 0 radical (unpaired) electrons. The fraction of sp³-hybridized carbons (Fsp3) is 0.545. The predicted octanol–water partition coefficient (Wildman–Crippen LogP) is 1.98. The van der Waals surface area contributed by atoms with E-state index in [2.05, 4.69) is 17.2 Å². The highest BCUT2D eigenvalue weighted by molar-refractivity contribution is 5.44. The second kappa shape index (κ2) is 5.68. The molecule has 0 aliphatic heterocycles. The summed E-state index contributed by atoms with van der Waals surface area (Å²) in [5, 5.41) is 3.07. The molecule has 84 valence electrons. The van der Waals surface area contributed by atoms with Crippen molar-refractivity contribution in [3.8, 4) is 0 Å². The van der Waals surface area contributed by atoms with Crippen LogP contribution in [-0.2, 0) is 15.9 Å². The molecule has 0 fully saturated rings. The van der Waals surface area contributed by atoms with Gasteiger partial charge in [-0.3, -0.25) is 0 Å². The summed E-state index contributed by atoms with van der Waals surface area (Å²) in [7, 11) is 5.06. The molecule has 0 bridgehead atoms. The Bertz CT molecular complexity index is 311. The molecule has 1 N–H and O–H groups in total. The van der Waals surface area contributed by atoms with Crippen LogP contribution in [-0.4, -0.2) is 26.3 Å². The topological polar surface area (TPSA) is 43.4 Å². The van der Waals surface area contributed by atoms with Crippen LogP contribution < -0.4 is 5.32 Å². The second-order valence-electron chi connectivity index (χ2n) is 3.15. The average molecular weight is 210 g/mol. The summed E-state index contributed by atoms with van der Waals surface area (Å²) >= 11 is 0. The summed E-state index contributed by atoms with van der Waals surface area (Å²) in [6.07, 6.45) is 0.552. The van der Waals surface area contributed by atoms with Gasteiger partial charge in [0.2, 0.25) is 6.29 Å². The van der Waals surface area contributed by atoms with E-state index in [4.69, 9.17) is 9.47 Å². The Morgan fingerprint density at radius 2 is 2.00 bits per heavy atom. The molecular weight excluding hydrogens is 192 g/mol. The Labute approximate surface area is 90.6 Å². The van der Waals surface area contributed by atoms with Crippen molar-refractivity contribution in [3.63, 3.8) is 0 Å². The lowest BCUT2D eigenvalue weighted by Crippen LogP contribution is -2.08. The SMILES string of the molecule is CCc1ccc(C(OC)OC)nc1NC. The van der Waals surface area contributed by atoms with Gasteiger partial charge in [0.15, 0.2) is 0 Å². The number of aromatic nitrogens is 1. The lowest BCUT2D eigenvalue weighted by atomic mass is 10.2. The van der Waals surface area contributed by atoms with Crippen molar-refractivity contribution in [3.05, 3.63) is 23.4 Å². The Morgan fingerprint density at radius 3 is 2.47 bits per heavy atom. The van der Waals surface area contributed by atoms with Gasteiger partial charge in [-0.25, -0.2) is 4.98 Å². The maximum absolute atomic E-state index is 5.15. The maximum atomic E-state index is 5.15. The monoisotopic (exact) mass is 210 g/mol. The van der Waals surface area contributed by atoms with Gasteiger partial charge in [-0.1, -0.05) is 13.0 Å². The van der Waals surface area contributed by atoms with Crippen molar-refractivity contribution >= 4 is 5.82 Å². The van der Waals surface area contributed by atoms with Crippen LogP contribution in [0.25, 0.3) is 0 Å². The van der Waals surface area contributed by atoms with Crippen LogP contribution in [0, 0.1) is 0 Å². The zero-order chi connectivity index (χ0) is 11.3. The third kappa shape index (κ3) is 2.67. The van der Waals surface area contributed by atoms with Gasteiger partial charge < -0.3 is 14.8 Å². The third-order valence-electron chi connectivity index (χ3n) is 2.29. The first-order valence-corrected chi connectivity index (χ1v) is 5.00. The van der Waals surface area contributed by atoms with E-state index in [1.165, 1.54) is 5.56 Å². The lowest BCUT2D eigenvalue weighted by molar-refractivity contribution is -0.108. The van der Waals surface area contributed by atoms with E-state index < -0.39 is 6.29 Å². The van der Waals surface area contributed by atoms with Crippen molar-refractivity contribution in [2.45, 2.75) is 19.6 Å². The third-order valence-corrected chi connectivity index (χ3v) is 2.29. The van der Waals surface area contributed by atoms with Crippen LogP contribution in [0.1, 0.15) is 24.5 Å². The molecule has 0 aliphatic rings. The number of pyridine rings is 1. The predicted molar refractivity (Wildman–Crippen MR) is 59.9 cm³/mol. The second-order valence-corrected chi connectivity index (χ2v) is 3.15. The van der Waals surface area contributed by atoms with Crippen molar-refractivity contribution in [2.75, 3.05) is 26.6 Å². The van der Waals surface area contributed by atoms with Gasteiger partial charge in [-0.2, -0.15) is 0 Å². The molecule has 0 unspecified atom stereocenters. The molecule has 0 saturated heterocycles. The smallest absolute Gasteiger partial charge is 0.200 e. The maximum Gasteiger partial charge on any atom is 0.200 e. The minimum atomic E-state index is -0.400. The highest BCUT2D eigenvalue weighted by Gasteiger charge is 2.12. The number of hydrogen-bond acceptors (Lipinski definition) is 4. The first-order valence-electron chi connectivity index (χ1n) is 5.00. The van der Waals surface area contributed by atoms with Crippen molar-refractivity contribution in [1.29, 1.82) is 0 Å². The highest BCUT2D eigenvalue weighted by Crippen LogP contribution is 2.20. The molecule has 0 atom stereocenters. The first kappa shape index (κ1) is 11.9. The van der Waals surface area contributed by atoms with Crippen molar-refractivity contribution in [1.82, 2.24) is 4.98 Å². The summed E-state index contributed by atoms with van der Waals surface area (Å²) in [6.45, 7) is 2.10. The van der Waals surface area contributed by atoms with Gasteiger partial charge >= 0.3 is 0 Å². The fourth-order valence-electron chi connectivity index (χ4n) is 1.47.